The summed E-state index contributed by atoms with van der Waals surface area (Å²) in [6.45, 7) is 3.43. The van der Waals surface area contributed by atoms with E-state index in [-0.39, 0.29) is 5.91 Å². The molecule has 0 atom stereocenters. The van der Waals surface area contributed by atoms with Crippen molar-refractivity contribution in [3.63, 3.8) is 0 Å². The van der Waals surface area contributed by atoms with E-state index in [0.29, 0.717) is 12.1 Å². The Morgan fingerprint density at radius 2 is 2.12 bits per heavy atom. The van der Waals surface area contributed by atoms with Gasteiger partial charge in [0.2, 0.25) is 0 Å². The fourth-order valence-corrected chi connectivity index (χ4v) is 3.26. The van der Waals surface area contributed by atoms with E-state index in [9.17, 15) is 4.79 Å². The fraction of sp³-hybridized carbons (Fsp3) is 0.364. The van der Waals surface area contributed by atoms with Crippen molar-refractivity contribution < 1.29 is 4.79 Å². The molecule has 0 bridgehead atoms. The molecule has 1 heterocycles. The molecule has 0 aliphatic heterocycles. The van der Waals surface area contributed by atoms with E-state index < -0.39 is 0 Å². The summed E-state index contributed by atoms with van der Waals surface area (Å²) in [5.41, 5.74) is 4.47. The van der Waals surface area contributed by atoms with Crippen LogP contribution in [0.3, 0.4) is 0 Å². The van der Waals surface area contributed by atoms with Crippen LogP contribution >= 0.6 is 0 Å². The Kier molecular flexibility index (Phi) is 6.42. The zero-order chi connectivity index (χ0) is 18.2. The minimum atomic E-state index is -0.0769. The number of carbonyl (C=O) groups excluding carboxylic acids is 1. The monoisotopic (exact) mass is 349 g/mol. The number of hydrogen-bond donors (Lipinski definition) is 2. The first-order valence-electron chi connectivity index (χ1n) is 9.42. The Morgan fingerprint density at radius 3 is 2.92 bits per heavy atom. The maximum absolute atomic E-state index is 12.4. The van der Waals surface area contributed by atoms with Crippen molar-refractivity contribution in [3.8, 4) is 0 Å². The summed E-state index contributed by atoms with van der Waals surface area (Å²) < 4.78 is 0. The van der Waals surface area contributed by atoms with Crippen LogP contribution in [0.1, 0.15) is 53.6 Å². The largest absolute Gasteiger partial charge is 0.370 e. The maximum atomic E-state index is 12.4. The molecule has 1 aliphatic rings. The number of rotatable bonds is 7. The number of carbonyl (C=O) groups is 1. The Bertz CT molecular complexity index is 782. The highest BCUT2D eigenvalue weighted by Crippen LogP contribution is 2.20. The second kappa shape index (κ2) is 9.18. The Hall–Kier alpha value is -2.62. The van der Waals surface area contributed by atoms with E-state index in [1.807, 2.05) is 18.2 Å². The lowest BCUT2D eigenvalue weighted by Gasteiger charge is -2.13. The molecule has 3 rings (SSSR count). The van der Waals surface area contributed by atoms with Crippen LogP contribution in [-0.4, -0.2) is 17.4 Å². The normalized spacial score (nSPS) is 13.8. The molecule has 2 aromatic rings. The van der Waals surface area contributed by atoms with E-state index in [0.717, 1.165) is 24.3 Å². The van der Waals surface area contributed by atoms with Crippen molar-refractivity contribution in [2.24, 2.45) is 0 Å². The number of aryl methyl sites for hydroxylation is 1. The predicted molar refractivity (Wildman–Crippen MR) is 106 cm³/mol. The van der Waals surface area contributed by atoms with E-state index in [4.69, 9.17) is 0 Å². The SMILES string of the molecule is Cc1cccc(CNC(=O)c2ccnc(NCCC3=CCCCC3)c2)c1. The van der Waals surface area contributed by atoms with Gasteiger partial charge in [0.1, 0.15) is 5.82 Å². The lowest BCUT2D eigenvalue weighted by molar-refractivity contribution is 0.0951. The van der Waals surface area contributed by atoms with Crippen LogP contribution in [0, 0.1) is 6.92 Å². The molecule has 1 aromatic heterocycles. The van der Waals surface area contributed by atoms with Gasteiger partial charge in [0.25, 0.3) is 5.91 Å². The second-order valence-electron chi connectivity index (χ2n) is 6.89. The molecule has 0 spiro atoms. The van der Waals surface area contributed by atoms with Gasteiger partial charge < -0.3 is 10.6 Å². The van der Waals surface area contributed by atoms with Gasteiger partial charge in [0.15, 0.2) is 0 Å². The highest BCUT2D eigenvalue weighted by atomic mass is 16.1. The van der Waals surface area contributed by atoms with Crippen LogP contribution in [0.25, 0.3) is 0 Å². The van der Waals surface area contributed by atoms with E-state index >= 15 is 0 Å². The van der Waals surface area contributed by atoms with Gasteiger partial charge >= 0.3 is 0 Å². The first-order valence-corrected chi connectivity index (χ1v) is 9.42. The number of nitrogens with zero attached hydrogens (tertiary/aromatic N) is 1. The number of pyridine rings is 1. The fourth-order valence-electron chi connectivity index (χ4n) is 3.26. The van der Waals surface area contributed by atoms with Crippen LogP contribution < -0.4 is 10.6 Å². The molecular weight excluding hydrogens is 322 g/mol. The first-order chi connectivity index (χ1) is 12.7. The van der Waals surface area contributed by atoms with Gasteiger partial charge in [-0.15, -0.1) is 0 Å². The zero-order valence-electron chi connectivity index (χ0n) is 15.4. The molecule has 0 unspecified atom stereocenters. The quantitative estimate of drug-likeness (QED) is 0.717. The number of aromatic nitrogens is 1. The van der Waals surface area contributed by atoms with E-state index in [1.165, 1.54) is 36.8 Å². The van der Waals surface area contributed by atoms with Gasteiger partial charge in [-0.1, -0.05) is 41.5 Å². The first kappa shape index (κ1) is 18.2. The minimum absolute atomic E-state index is 0.0769. The Morgan fingerprint density at radius 1 is 1.19 bits per heavy atom. The highest BCUT2D eigenvalue weighted by molar-refractivity contribution is 5.94. The van der Waals surface area contributed by atoms with Crippen molar-refractivity contribution >= 4 is 11.7 Å². The van der Waals surface area contributed by atoms with Crippen molar-refractivity contribution in [1.29, 1.82) is 0 Å². The third kappa shape index (κ3) is 5.45. The molecule has 1 amide bonds. The van der Waals surface area contributed by atoms with Crippen LogP contribution in [0.15, 0.2) is 54.2 Å². The summed E-state index contributed by atoms with van der Waals surface area (Å²) in [6, 6.07) is 11.7. The average Bonchev–Trinajstić information content (AvgIpc) is 2.67. The maximum Gasteiger partial charge on any atom is 0.251 e. The van der Waals surface area contributed by atoms with Crippen molar-refractivity contribution in [3.05, 3.63) is 70.9 Å². The number of anilines is 1. The molecule has 136 valence electrons. The number of amides is 1. The lowest BCUT2D eigenvalue weighted by atomic mass is 9.97. The molecule has 2 N–H and O–H groups in total. The van der Waals surface area contributed by atoms with Gasteiger partial charge in [0.05, 0.1) is 0 Å². The topological polar surface area (TPSA) is 54.0 Å². The number of hydrogen-bond acceptors (Lipinski definition) is 3. The van der Waals surface area contributed by atoms with Crippen LogP contribution in [0.5, 0.6) is 0 Å². The highest BCUT2D eigenvalue weighted by Gasteiger charge is 2.08. The summed E-state index contributed by atoms with van der Waals surface area (Å²) in [6.07, 6.45) is 10.2. The molecule has 0 saturated heterocycles. The molecule has 4 heteroatoms. The molecular formula is C22H27N3O. The smallest absolute Gasteiger partial charge is 0.251 e. The van der Waals surface area contributed by atoms with Crippen LogP contribution in [0.2, 0.25) is 0 Å². The molecule has 0 fully saturated rings. The molecule has 26 heavy (non-hydrogen) atoms. The summed E-state index contributed by atoms with van der Waals surface area (Å²) in [7, 11) is 0. The zero-order valence-corrected chi connectivity index (χ0v) is 15.4. The molecule has 1 aromatic carbocycles. The summed E-state index contributed by atoms with van der Waals surface area (Å²) >= 11 is 0. The van der Waals surface area contributed by atoms with E-state index in [2.05, 4.69) is 40.8 Å². The summed E-state index contributed by atoms with van der Waals surface area (Å²) in [5.74, 6) is 0.677. The Labute approximate surface area is 155 Å². The summed E-state index contributed by atoms with van der Waals surface area (Å²) in [4.78, 5) is 16.7. The number of benzene rings is 1. The van der Waals surface area contributed by atoms with Gasteiger partial charge in [-0.05, 0) is 56.7 Å². The third-order valence-electron chi connectivity index (χ3n) is 4.69. The van der Waals surface area contributed by atoms with Gasteiger partial charge in [0, 0.05) is 24.8 Å². The van der Waals surface area contributed by atoms with Crippen LogP contribution in [-0.2, 0) is 6.54 Å². The van der Waals surface area contributed by atoms with Gasteiger partial charge in [-0.25, -0.2) is 4.98 Å². The lowest BCUT2D eigenvalue weighted by Crippen LogP contribution is -2.23. The van der Waals surface area contributed by atoms with Crippen LogP contribution in [0.4, 0.5) is 5.82 Å². The predicted octanol–water partition coefficient (Wildman–Crippen LogP) is 4.62. The number of allylic oxidation sites excluding steroid dienone is 1. The van der Waals surface area contributed by atoms with Crippen molar-refractivity contribution in [2.45, 2.75) is 45.6 Å². The molecule has 1 aliphatic carbocycles. The third-order valence-corrected chi connectivity index (χ3v) is 4.69. The Balaban J connectivity index is 1.51. The molecule has 0 radical (unpaired) electrons. The van der Waals surface area contributed by atoms with Gasteiger partial charge in [-0.3, -0.25) is 4.79 Å². The van der Waals surface area contributed by atoms with Crippen molar-refractivity contribution in [2.75, 3.05) is 11.9 Å². The standard InChI is InChI=1S/C22H27N3O/c1-17-6-5-9-19(14-17)16-25-22(26)20-11-13-24-21(15-20)23-12-10-18-7-3-2-4-8-18/h5-7,9,11,13-15H,2-4,8,10,12,16H2,1H3,(H,23,24)(H,25,26). The van der Waals surface area contributed by atoms with Gasteiger partial charge in [-0.2, -0.15) is 0 Å². The van der Waals surface area contributed by atoms with E-state index in [1.54, 1.807) is 12.3 Å². The number of nitrogens with one attached hydrogen (secondary N) is 2. The minimum Gasteiger partial charge on any atom is -0.370 e. The second-order valence-corrected chi connectivity index (χ2v) is 6.89. The molecule has 0 saturated carbocycles. The summed E-state index contributed by atoms with van der Waals surface area (Å²) in [5, 5.41) is 6.31. The van der Waals surface area contributed by atoms with Crippen molar-refractivity contribution in [1.82, 2.24) is 10.3 Å². The molecule has 4 nitrogen and oxygen atoms in total. The average molecular weight is 349 g/mol.